The molecule has 2 N–H and O–H groups in total. The van der Waals surface area contributed by atoms with E-state index >= 15 is 0 Å². The van der Waals surface area contributed by atoms with Gasteiger partial charge in [0, 0.05) is 24.8 Å². The Morgan fingerprint density at radius 2 is 1.79 bits per heavy atom. The first-order valence-corrected chi connectivity index (χ1v) is 12.6. The third-order valence-corrected chi connectivity index (χ3v) is 8.22. The fourth-order valence-electron chi connectivity index (χ4n) is 4.66. The van der Waals surface area contributed by atoms with Crippen molar-refractivity contribution in [3.8, 4) is 0 Å². The maximum absolute atomic E-state index is 13.6. The average molecular weight is 482 g/mol. The first-order valence-electron chi connectivity index (χ1n) is 11.1. The molecular formula is C22H26F3N5O2S. The molecule has 1 aromatic heterocycles. The Morgan fingerprint density at radius 1 is 1.09 bits per heavy atom. The average Bonchev–Trinajstić information content (AvgIpc) is 3.65. The maximum Gasteiger partial charge on any atom is 0.511 e. The summed E-state index contributed by atoms with van der Waals surface area (Å²) in [5.74, 6) is 1.12. The number of halogens is 3. The van der Waals surface area contributed by atoms with Crippen LogP contribution in [0.3, 0.4) is 0 Å². The molecule has 178 valence electrons. The predicted molar refractivity (Wildman–Crippen MR) is 118 cm³/mol. The summed E-state index contributed by atoms with van der Waals surface area (Å²) in [6, 6.07) is 5.27. The molecule has 0 spiro atoms. The Hall–Kier alpha value is -2.40. The van der Waals surface area contributed by atoms with Crippen LogP contribution in [-0.4, -0.2) is 40.8 Å². The molecule has 1 atom stereocenters. The molecule has 2 fully saturated rings. The molecule has 2 saturated carbocycles. The molecule has 2 aliphatic carbocycles. The Bertz CT molecular complexity index is 1130. The summed E-state index contributed by atoms with van der Waals surface area (Å²) < 4.78 is 66.6. The number of hydrogen-bond acceptors (Lipinski definition) is 6. The molecule has 1 aliphatic heterocycles. The smallest absolute Gasteiger partial charge is 0.396 e. The molecule has 1 aromatic carbocycles. The van der Waals surface area contributed by atoms with Crippen LogP contribution in [-0.2, 0) is 23.1 Å². The monoisotopic (exact) mass is 481 g/mol. The van der Waals surface area contributed by atoms with Crippen molar-refractivity contribution in [3.05, 3.63) is 47.5 Å². The van der Waals surface area contributed by atoms with Crippen LogP contribution in [0.15, 0.2) is 30.6 Å². The largest absolute Gasteiger partial charge is 0.511 e. The SMILES string of the molecule is Nc1cnc(CN2c3cccc(C4CC4)c3CN(S(=O)(=O)C(F)(F)F)CC2CC2CC2)nc1. The van der Waals surface area contributed by atoms with Gasteiger partial charge in [0.15, 0.2) is 0 Å². The van der Waals surface area contributed by atoms with E-state index in [1.807, 2.05) is 23.1 Å². The van der Waals surface area contributed by atoms with Gasteiger partial charge in [0.2, 0.25) is 0 Å². The molecule has 0 amide bonds. The van der Waals surface area contributed by atoms with Crippen molar-refractivity contribution in [2.45, 2.75) is 62.7 Å². The fourth-order valence-corrected chi connectivity index (χ4v) is 5.62. The molecule has 7 nitrogen and oxygen atoms in total. The Morgan fingerprint density at radius 3 is 2.39 bits per heavy atom. The summed E-state index contributed by atoms with van der Waals surface area (Å²) in [6.07, 6.45) is 7.53. The van der Waals surface area contributed by atoms with E-state index in [1.165, 1.54) is 12.4 Å². The zero-order valence-corrected chi connectivity index (χ0v) is 18.8. The zero-order chi connectivity index (χ0) is 23.4. The van der Waals surface area contributed by atoms with Crippen molar-refractivity contribution >= 4 is 21.4 Å². The molecule has 3 aliphatic rings. The van der Waals surface area contributed by atoms with Gasteiger partial charge in [-0.25, -0.2) is 18.4 Å². The van der Waals surface area contributed by atoms with Crippen molar-refractivity contribution in [2.75, 3.05) is 17.2 Å². The second-order valence-electron chi connectivity index (χ2n) is 9.26. The van der Waals surface area contributed by atoms with Crippen molar-refractivity contribution in [1.82, 2.24) is 14.3 Å². The van der Waals surface area contributed by atoms with Crippen LogP contribution in [0.25, 0.3) is 0 Å². The standard InChI is InChI=1S/C22H26F3N5O2S/c23-22(24,25)33(31,32)29-11-17(8-14-4-5-14)30(13-21-27-9-16(26)10-28-21)20-3-1-2-18(15-6-7-15)19(20)12-29/h1-3,9-10,14-15,17H,4-8,11-13,26H2. The fraction of sp³-hybridized carbons (Fsp3) is 0.545. The van der Waals surface area contributed by atoms with Gasteiger partial charge in [-0.3, -0.25) is 0 Å². The van der Waals surface area contributed by atoms with Crippen molar-refractivity contribution in [1.29, 1.82) is 0 Å². The minimum atomic E-state index is -5.48. The summed E-state index contributed by atoms with van der Waals surface area (Å²) in [7, 11) is -5.48. The van der Waals surface area contributed by atoms with Crippen LogP contribution < -0.4 is 10.6 Å². The van der Waals surface area contributed by atoms with Crippen LogP contribution in [0.4, 0.5) is 24.5 Å². The minimum absolute atomic E-state index is 0.230. The number of fused-ring (bicyclic) bond motifs is 1. The first kappa shape index (κ1) is 22.4. The van der Waals surface area contributed by atoms with Gasteiger partial charge >= 0.3 is 15.5 Å². The van der Waals surface area contributed by atoms with E-state index in [9.17, 15) is 21.6 Å². The van der Waals surface area contributed by atoms with E-state index in [0.29, 0.717) is 33.7 Å². The molecule has 0 bridgehead atoms. The minimum Gasteiger partial charge on any atom is -0.396 e. The Labute approximate surface area is 190 Å². The number of hydrogen-bond donors (Lipinski definition) is 1. The van der Waals surface area contributed by atoms with E-state index in [-0.39, 0.29) is 25.6 Å². The summed E-state index contributed by atoms with van der Waals surface area (Å²) >= 11 is 0. The predicted octanol–water partition coefficient (Wildman–Crippen LogP) is 3.78. The van der Waals surface area contributed by atoms with Gasteiger partial charge in [0.25, 0.3) is 0 Å². The molecule has 2 heterocycles. The highest BCUT2D eigenvalue weighted by Crippen LogP contribution is 2.47. The van der Waals surface area contributed by atoms with E-state index in [1.54, 1.807) is 0 Å². The highest BCUT2D eigenvalue weighted by Gasteiger charge is 2.52. The van der Waals surface area contributed by atoms with Crippen LogP contribution in [0.2, 0.25) is 0 Å². The van der Waals surface area contributed by atoms with Gasteiger partial charge in [-0.1, -0.05) is 25.0 Å². The molecule has 33 heavy (non-hydrogen) atoms. The summed E-state index contributed by atoms with van der Waals surface area (Å²) in [6.45, 7) is -0.255. The Balaban J connectivity index is 1.61. The lowest BCUT2D eigenvalue weighted by atomic mass is 10.00. The number of benzene rings is 1. The molecule has 2 aromatic rings. The van der Waals surface area contributed by atoms with Crippen LogP contribution in [0.1, 0.15) is 55.0 Å². The van der Waals surface area contributed by atoms with E-state index in [4.69, 9.17) is 5.73 Å². The molecule has 0 saturated heterocycles. The number of nitrogens with two attached hydrogens (primary N) is 1. The highest BCUT2D eigenvalue weighted by atomic mass is 32.2. The number of nitrogen functional groups attached to an aromatic ring is 1. The van der Waals surface area contributed by atoms with E-state index < -0.39 is 21.6 Å². The lowest BCUT2D eigenvalue weighted by molar-refractivity contribution is -0.0492. The first-order chi connectivity index (χ1) is 15.6. The van der Waals surface area contributed by atoms with Gasteiger partial charge < -0.3 is 10.6 Å². The van der Waals surface area contributed by atoms with E-state index in [2.05, 4.69) is 9.97 Å². The van der Waals surface area contributed by atoms with Crippen molar-refractivity contribution in [2.24, 2.45) is 5.92 Å². The van der Waals surface area contributed by atoms with Gasteiger partial charge in [0.05, 0.1) is 24.6 Å². The van der Waals surface area contributed by atoms with Crippen LogP contribution in [0, 0.1) is 5.92 Å². The topological polar surface area (TPSA) is 92.4 Å². The summed E-state index contributed by atoms with van der Waals surface area (Å²) in [5, 5.41) is 0. The van der Waals surface area contributed by atoms with Gasteiger partial charge in [0.1, 0.15) is 5.82 Å². The summed E-state index contributed by atoms with van der Waals surface area (Å²) in [5.41, 5.74) is 3.14. The van der Waals surface area contributed by atoms with Crippen LogP contribution >= 0.6 is 0 Å². The van der Waals surface area contributed by atoms with Crippen molar-refractivity contribution < 1.29 is 21.6 Å². The lowest BCUT2D eigenvalue weighted by Gasteiger charge is -2.34. The van der Waals surface area contributed by atoms with Gasteiger partial charge in [-0.15, -0.1) is 0 Å². The van der Waals surface area contributed by atoms with Gasteiger partial charge in [-0.05, 0) is 48.3 Å². The maximum atomic E-state index is 13.6. The number of sulfonamides is 1. The molecule has 11 heteroatoms. The van der Waals surface area contributed by atoms with Crippen molar-refractivity contribution in [3.63, 3.8) is 0 Å². The number of rotatable bonds is 6. The molecule has 1 unspecified atom stereocenters. The second-order valence-corrected chi connectivity index (χ2v) is 11.2. The highest BCUT2D eigenvalue weighted by molar-refractivity contribution is 7.89. The number of alkyl halides is 3. The molecule has 5 rings (SSSR count). The second kappa shape index (κ2) is 8.12. The summed E-state index contributed by atoms with van der Waals surface area (Å²) in [4.78, 5) is 10.6. The molecule has 0 radical (unpaired) electrons. The molecular weight excluding hydrogens is 455 g/mol. The van der Waals surface area contributed by atoms with Crippen LogP contribution in [0.5, 0.6) is 0 Å². The Kier molecular flexibility index (Phi) is 5.51. The van der Waals surface area contributed by atoms with Gasteiger partial charge in [-0.2, -0.15) is 17.5 Å². The van der Waals surface area contributed by atoms with E-state index in [0.717, 1.165) is 36.9 Å². The lowest BCUT2D eigenvalue weighted by Crippen LogP contribution is -2.47. The third kappa shape index (κ3) is 4.52. The number of nitrogens with zero attached hydrogens (tertiary/aromatic N) is 4. The number of anilines is 2. The third-order valence-electron chi connectivity index (χ3n) is 6.68. The zero-order valence-electron chi connectivity index (χ0n) is 18.0. The normalized spacial score (nSPS) is 22.2. The quantitative estimate of drug-likeness (QED) is 0.675. The number of aromatic nitrogens is 2.